The van der Waals surface area contributed by atoms with Crippen LogP contribution >= 0.6 is 0 Å². The number of hydrogen-bond donors (Lipinski definition) is 2. The third kappa shape index (κ3) is 5.07. The zero-order valence-corrected chi connectivity index (χ0v) is 14.6. The number of para-hydroxylation sites is 1. The largest absolute Gasteiger partial charge is 0.378 e. The zero-order chi connectivity index (χ0) is 18.2. The number of rotatable bonds is 5. The summed E-state index contributed by atoms with van der Waals surface area (Å²) in [5.41, 5.74) is 1.68. The number of carbonyl (C=O) groups excluding carboxylic acids is 2. The van der Waals surface area contributed by atoms with Crippen LogP contribution in [-0.4, -0.2) is 49.2 Å². The lowest BCUT2D eigenvalue weighted by molar-refractivity contribution is -0.137. The maximum atomic E-state index is 12.9. The van der Waals surface area contributed by atoms with Crippen LogP contribution < -0.4 is 10.6 Å². The van der Waals surface area contributed by atoms with Crippen LogP contribution in [0.25, 0.3) is 0 Å². The van der Waals surface area contributed by atoms with E-state index < -0.39 is 12.1 Å². The first-order valence-electron chi connectivity index (χ1n) is 8.75. The highest BCUT2D eigenvalue weighted by Crippen LogP contribution is 2.09. The molecule has 1 fully saturated rings. The van der Waals surface area contributed by atoms with Gasteiger partial charge in [-0.15, -0.1) is 0 Å². The molecule has 0 spiro atoms. The highest BCUT2D eigenvalue weighted by atomic mass is 16.5. The molecule has 2 aromatic carbocycles. The number of hydrogen-bond acceptors (Lipinski definition) is 3. The Morgan fingerprint density at radius 1 is 0.962 bits per heavy atom. The summed E-state index contributed by atoms with van der Waals surface area (Å²) in [7, 11) is 0. The SMILES string of the molecule is O=C(Nc1ccccc1)N[C@@H](Cc1ccccc1)C(=O)N1CCOCC1. The van der Waals surface area contributed by atoms with Gasteiger partial charge in [-0.25, -0.2) is 4.79 Å². The van der Waals surface area contributed by atoms with Gasteiger partial charge < -0.3 is 20.3 Å². The van der Waals surface area contributed by atoms with E-state index in [1.165, 1.54) is 0 Å². The van der Waals surface area contributed by atoms with Gasteiger partial charge in [0.15, 0.2) is 0 Å². The summed E-state index contributed by atoms with van der Waals surface area (Å²) >= 11 is 0. The van der Waals surface area contributed by atoms with Gasteiger partial charge in [0.05, 0.1) is 13.2 Å². The van der Waals surface area contributed by atoms with Crippen molar-refractivity contribution in [2.24, 2.45) is 0 Å². The van der Waals surface area contributed by atoms with Crippen LogP contribution in [0.3, 0.4) is 0 Å². The molecule has 1 aliphatic heterocycles. The lowest BCUT2D eigenvalue weighted by Gasteiger charge is -2.30. The molecule has 2 N–H and O–H groups in total. The highest BCUT2D eigenvalue weighted by molar-refractivity contribution is 5.93. The minimum Gasteiger partial charge on any atom is -0.378 e. The number of ether oxygens (including phenoxy) is 1. The molecule has 6 nitrogen and oxygen atoms in total. The number of carbonyl (C=O) groups is 2. The molecule has 1 heterocycles. The summed E-state index contributed by atoms with van der Waals surface area (Å²) in [4.78, 5) is 27.1. The van der Waals surface area contributed by atoms with Crippen LogP contribution in [-0.2, 0) is 16.0 Å². The van der Waals surface area contributed by atoms with Gasteiger partial charge in [0.2, 0.25) is 5.91 Å². The molecule has 2 aromatic rings. The zero-order valence-electron chi connectivity index (χ0n) is 14.6. The summed E-state index contributed by atoms with van der Waals surface area (Å²) in [6.45, 7) is 2.15. The van der Waals surface area contributed by atoms with Crippen molar-refractivity contribution in [2.45, 2.75) is 12.5 Å². The normalized spacial score (nSPS) is 15.2. The molecule has 136 valence electrons. The molecule has 0 aromatic heterocycles. The smallest absolute Gasteiger partial charge is 0.319 e. The molecular formula is C20H23N3O3. The Bertz CT molecular complexity index is 716. The van der Waals surface area contributed by atoms with Gasteiger partial charge in [-0.05, 0) is 17.7 Å². The monoisotopic (exact) mass is 353 g/mol. The van der Waals surface area contributed by atoms with Crippen molar-refractivity contribution in [1.29, 1.82) is 0 Å². The van der Waals surface area contributed by atoms with Crippen molar-refractivity contribution in [3.63, 3.8) is 0 Å². The maximum Gasteiger partial charge on any atom is 0.319 e. The van der Waals surface area contributed by atoms with Gasteiger partial charge in [0.1, 0.15) is 6.04 Å². The average Bonchev–Trinajstić information content (AvgIpc) is 2.69. The first-order valence-corrected chi connectivity index (χ1v) is 8.75. The Balaban J connectivity index is 1.69. The van der Waals surface area contributed by atoms with E-state index in [9.17, 15) is 9.59 Å². The van der Waals surface area contributed by atoms with E-state index in [2.05, 4.69) is 10.6 Å². The third-order valence-corrected chi connectivity index (χ3v) is 4.24. The fourth-order valence-electron chi connectivity index (χ4n) is 2.90. The Morgan fingerprint density at radius 2 is 1.58 bits per heavy atom. The summed E-state index contributed by atoms with van der Waals surface area (Å²) in [6, 6.07) is 17.8. The molecule has 3 rings (SSSR count). The highest BCUT2D eigenvalue weighted by Gasteiger charge is 2.27. The predicted molar refractivity (Wildman–Crippen MR) is 99.9 cm³/mol. The fraction of sp³-hybridized carbons (Fsp3) is 0.300. The predicted octanol–water partition coefficient (Wildman–Crippen LogP) is 2.28. The lowest BCUT2D eigenvalue weighted by atomic mass is 10.0. The lowest BCUT2D eigenvalue weighted by Crippen LogP contribution is -2.53. The molecule has 26 heavy (non-hydrogen) atoms. The minimum atomic E-state index is -0.626. The van der Waals surface area contributed by atoms with Crippen molar-refractivity contribution >= 4 is 17.6 Å². The van der Waals surface area contributed by atoms with Gasteiger partial charge >= 0.3 is 6.03 Å². The second-order valence-electron chi connectivity index (χ2n) is 6.14. The van der Waals surface area contributed by atoms with Crippen molar-refractivity contribution in [3.05, 3.63) is 66.2 Å². The summed E-state index contributed by atoms with van der Waals surface area (Å²) < 4.78 is 5.31. The van der Waals surface area contributed by atoms with E-state index in [4.69, 9.17) is 4.74 Å². The van der Waals surface area contributed by atoms with E-state index in [1.807, 2.05) is 48.5 Å². The van der Waals surface area contributed by atoms with E-state index in [0.717, 1.165) is 5.56 Å². The number of anilines is 1. The Kier molecular flexibility index (Phi) is 6.22. The van der Waals surface area contributed by atoms with Crippen LogP contribution in [0.5, 0.6) is 0 Å². The van der Waals surface area contributed by atoms with Gasteiger partial charge in [-0.3, -0.25) is 4.79 Å². The number of benzene rings is 2. The number of amides is 3. The third-order valence-electron chi connectivity index (χ3n) is 4.24. The van der Waals surface area contributed by atoms with E-state index in [-0.39, 0.29) is 5.91 Å². The van der Waals surface area contributed by atoms with Crippen molar-refractivity contribution in [3.8, 4) is 0 Å². The van der Waals surface area contributed by atoms with E-state index >= 15 is 0 Å². The molecule has 1 atom stereocenters. The van der Waals surface area contributed by atoms with Crippen LogP contribution in [0.1, 0.15) is 5.56 Å². The summed E-state index contributed by atoms with van der Waals surface area (Å²) in [6.07, 6.45) is 0.444. The van der Waals surface area contributed by atoms with Crippen molar-refractivity contribution < 1.29 is 14.3 Å². The molecule has 0 aliphatic carbocycles. The van der Waals surface area contributed by atoms with Gasteiger partial charge in [-0.2, -0.15) is 0 Å². The van der Waals surface area contributed by atoms with Gasteiger partial charge in [0.25, 0.3) is 0 Å². The Labute approximate surface area is 153 Å². The first kappa shape index (κ1) is 17.9. The van der Waals surface area contributed by atoms with Crippen LogP contribution in [0.2, 0.25) is 0 Å². The second kappa shape index (κ2) is 9.01. The van der Waals surface area contributed by atoms with Crippen molar-refractivity contribution in [1.82, 2.24) is 10.2 Å². The van der Waals surface area contributed by atoms with Crippen molar-refractivity contribution in [2.75, 3.05) is 31.6 Å². The molecular weight excluding hydrogens is 330 g/mol. The standard InChI is InChI=1S/C20H23N3O3/c24-19(23-11-13-26-14-12-23)18(15-16-7-3-1-4-8-16)22-20(25)21-17-9-5-2-6-10-17/h1-10,18H,11-15H2,(H2,21,22,25)/t18-/m0/s1. The van der Waals surface area contributed by atoms with E-state index in [1.54, 1.807) is 17.0 Å². The number of nitrogens with one attached hydrogen (secondary N) is 2. The Morgan fingerprint density at radius 3 is 2.23 bits per heavy atom. The molecule has 1 aliphatic rings. The average molecular weight is 353 g/mol. The van der Waals surface area contributed by atoms with Crippen LogP contribution in [0.15, 0.2) is 60.7 Å². The minimum absolute atomic E-state index is 0.0830. The first-order chi connectivity index (χ1) is 12.7. The number of urea groups is 1. The summed E-state index contributed by atoms with van der Waals surface area (Å²) in [5.74, 6) is -0.0830. The number of morpholine rings is 1. The van der Waals surface area contributed by atoms with E-state index in [0.29, 0.717) is 38.4 Å². The maximum absolute atomic E-state index is 12.9. The molecule has 0 saturated carbocycles. The Hall–Kier alpha value is -2.86. The quantitative estimate of drug-likeness (QED) is 0.866. The van der Waals surface area contributed by atoms with Crippen LogP contribution in [0.4, 0.5) is 10.5 Å². The van der Waals surface area contributed by atoms with Crippen LogP contribution in [0, 0.1) is 0 Å². The molecule has 3 amide bonds. The van der Waals surface area contributed by atoms with Gasteiger partial charge in [-0.1, -0.05) is 48.5 Å². The van der Waals surface area contributed by atoms with Gasteiger partial charge in [0, 0.05) is 25.2 Å². The fourth-order valence-corrected chi connectivity index (χ4v) is 2.90. The number of nitrogens with zero attached hydrogens (tertiary/aromatic N) is 1. The summed E-state index contributed by atoms with van der Waals surface area (Å²) in [5, 5.41) is 5.60. The molecule has 0 radical (unpaired) electrons. The molecule has 6 heteroatoms. The second-order valence-corrected chi connectivity index (χ2v) is 6.14. The molecule has 0 bridgehead atoms. The topological polar surface area (TPSA) is 70.7 Å². The molecule has 0 unspecified atom stereocenters. The molecule has 1 saturated heterocycles.